The molecule has 0 radical (unpaired) electrons. The number of ketones is 3. The van der Waals surface area contributed by atoms with Gasteiger partial charge in [-0.2, -0.15) is 0 Å². The van der Waals surface area contributed by atoms with Gasteiger partial charge in [0.05, 0.1) is 24.5 Å². The first-order chi connectivity index (χ1) is 19.5. The van der Waals surface area contributed by atoms with E-state index in [1.54, 1.807) is 6.92 Å². The minimum atomic E-state index is -1.20. The fourth-order valence-corrected chi connectivity index (χ4v) is 10.9. The number of ether oxygens (including phenoxy) is 1. The fraction of sp³-hybridized carbons (Fsp3) is 0.778. The molecular formula is C36H52O6. The average Bonchev–Trinajstić information content (AvgIpc) is 2.94. The number of esters is 1. The van der Waals surface area contributed by atoms with Crippen LogP contribution in [0, 0.1) is 50.2 Å². The first kappa shape index (κ1) is 31.3. The van der Waals surface area contributed by atoms with E-state index in [4.69, 9.17) is 4.74 Å². The normalized spacial score (nSPS) is 45.4. The lowest BCUT2D eigenvalue weighted by Crippen LogP contribution is -2.67. The van der Waals surface area contributed by atoms with Gasteiger partial charge in [-0.05, 0) is 98.0 Å². The third-order valence-electron chi connectivity index (χ3n) is 13.7. The van der Waals surface area contributed by atoms with Gasteiger partial charge in [0.25, 0.3) is 0 Å². The zero-order valence-electron chi connectivity index (χ0n) is 27.2. The molecule has 0 spiro atoms. The van der Waals surface area contributed by atoms with Crippen LogP contribution in [0.1, 0.15) is 113 Å². The Balaban J connectivity index is 1.72. The van der Waals surface area contributed by atoms with Gasteiger partial charge in [-0.15, -0.1) is 0 Å². The van der Waals surface area contributed by atoms with Crippen LogP contribution in [0.4, 0.5) is 0 Å². The van der Waals surface area contributed by atoms with E-state index < -0.39 is 45.2 Å². The summed E-state index contributed by atoms with van der Waals surface area (Å²) in [5, 5.41) is 10.6. The molecule has 6 heteroatoms. The molecule has 5 aliphatic rings. The highest BCUT2D eigenvalue weighted by Crippen LogP contribution is 2.75. The van der Waals surface area contributed by atoms with Crippen LogP contribution in [-0.2, 0) is 23.9 Å². The van der Waals surface area contributed by atoms with E-state index in [2.05, 4.69) is 41.5 Å². The Bertz CT molecular complexity index is 1270. The molecule has 0 aromatic carbocycles. The predicted molar refractivity (Wildman–Crippen MR) is 161 cm³/mol. The molecule has 4 fully saturated rings. The summed E-state index contributed by atoms with van der Waals surface area (Å²) in [6, 6.07) is 0. The predicted octanol–water partition coefficient (Wildman–Crippen LogP) is 6.59. The summed E-state index contributed by atoms with van der Waals surface area (Å²) in [5.41, 5.74) is -2.04. The SMILES string of the molecule is CCCCC=C1C(=O)C(=O)[C@](C)(CO)[C@@H]2CC[C@]3(C)C(=CC(=O)[C@@H]4[C@@H]5CC(C)(C)CC[C@]5(C(=O)OC)CC[C@]43C)[C@@]12C. The molecule has 0 aromatic rings. The Kier molecular flexibility index (Phi) is 7.44. The molecule has 232 valence electrons. The summed E-state index contributed by atoms with van der Waals surface area (Å²) in [6.07, 6.45) is 11.7. The smallest absolute Gasteiger partial charge is 0.312 e. The van der Waals surface area contributed by atoms with Crippen molar-refractivity contribution in [1.82, 2.24) is 0 Å². The highest BCUT2D eigenvalue weighted by atomic mass is 16.5. The van der Waals surface area contributed by atoms with Crippen molar-refractivity contribution in [2.45, 2.75) is 113 Å². The van der Waals surface area contributed by atoms with Crippen LogP contribution < -0.4 is 0 Å². The van der Waals surface area contributed by atoms with Crippen molar-refractivity contribution < 1.29 is 29.0 Å². The fourth-order valence-electron chi connectivity index (χ4n) is 10.9. The van der Waals surface area contributed by atoms with Gasteiger partial charge in [0.2, 0.25) is 11.6 Å². The molecule has 5 aliphatic carbocycles. The minimum Gasteiger partial charge on any atom is -0.469 e. The maximum Gasteiger partial charge on any atom is 0.312 e. The molecule has 1 N–H and O–H groups in total. The second kappa shape index (κ2) is 9.97. The van der Waals surface area contributed by atoms with Gasteiger partial charge in [0, 0.05) is 16.9 Å². The van der Waals surface area contributed by atoms with Gasteiger partial charge in [0.15, 0.2) is 5.78 Å². The molecule has 0 bridgehead atoms. The highest BCUT2D eigenvalue weighted by molar-refractivity contribution is 6.46. The monoisotopic (exact) mass is 580 g/mol. The second-order valence-corrected chi connectivity index (χ2v) is 16.1. The zero-order valence-corrected chi connectivity index (χ0v) is 27.2. The number of fused-ring (bicyclic) bond motifs is 7. The third kappa shape index (κ3) is 3.85. The van der Waals surface area contributed by atoms with E-state index >= 15 is 0 Å². The van der Waals surface area contributed by atoms with Gasteiger partial charge < -0.3 is 9.84 Å². The number of methoxy groups -OCH3 is 1. The van der Waals surface area contributed by atoms with E-state index in [1.165, 1.54) is 7.11 Å². The molecule has 4 saturated carbocycles. The van der Waals surface area contributed by atoms with Crippen LogP contribution in [0.5, 0.6) is 0 Å². The lowest BCUT2D eigenvalue weighted by atomic mass is 9.33. The standard InChI is InChI=1S/C36H52O6/c1-9-10-11-12-22-28(39)29(40)32(4,21-37)25-13-14-33(5)26(35(22,25)7)19-24(38)27-23-20-31(2,3)15-17-36(23,30(41)42-8)18-16-34(27,33)6/h12,19,23,25,27,37H,9-11,13-18,20-21H2,1-8H3/t23-,25-,27-,32+,33+,34+,35-,36-/m0/s1. The molecular weight excluding hydrogens is 528 g/mol. The molecule has 0 aliphatic heterocycles. The minimum absolute atomic E-state index is 0.0174. The van der Waals surface area contributed by atoms with E-state index in [0.29, 0.717) is 24.8 Å². The van der Waals surface area contributed by atoms with Gasteiger partial charge in [-0.1, -0.05) is 60.5 Å². The van der Waals surface area contributed by atoms with E-state index in [9.17, 15) is 24.3 Å². The highest BCUT2D eigenvalue weighted by Gasteiger charge is 2.73. The summed E-state index contributed by atoms with van der Waals surface area (Å²) in [7, 11) is 1.47. The van der Waals surface area contributed by atoms with Crippen molar-refractivity contribution in [3.63, 3.8) is 0 Å². The van der Waals surface area contributed by atoms with E-state index in [-0.39, 0.29) is 34.9 Å². The van der Waals surface area contributed by atoms with Crippen molar-refractivity contribution in [3.8, 4) is 0 Å². The van der Waals surface area contributed by atoms with Gasteiger partial charge >= 0.3 is 5.97 Å². The number of hydrogen-bond acceptors (Lipinski definition) is 6. The summed E-state index contributed by atoms with van der Waals surface area (Å²) in [4.78, 5) is 55.6. The number of hydrogen-bond donors (Lipinski definition) is 1. The number of Topliss-reactive ketones (excluding diaryl/α,β-unsaturated/α-hetero) is 2. The lowest BCUT2D eigenvalue weighted by Gasteiger charge is -2.69. The van der Waals surface area contributed by atoms with Crippen LogP contribution in [0.2, 0.25) is 0 Å². The largest absolute Gasteiger partial charge is 0.469 e. The second-order valence-electron chi connectivity index (χ2n) is 16.1. The van der Waals surface area contributed by atoms with Crippen LogP contribution >= 0.6 is 0 Å². The van der Waals surface area contributed by atoms with Crippen molar-refractivity contribution >= 4 is 23.3 Å². The van der Waals surface area contributed by atoms with Crippen molar-refractivity contribution in [3.05, 3.63) is 23.3 Å². The van der Waals surface area contributed by atoms with E-state index in [1.807, 2.05) is 12.2 Å². The number of allylic oxidation sites excluding steroid dienone is 4. The maximum absolute atomic E-state index is 14.7. The van der Waals surface area contributed by atoms with Gasteiger partial charge in [0.1, 0.15) is 0 Å². The topological polar surface area (TPSA) is 97.7 Å². The first-order valence-electron chi connectivity index (χ1n) is 16.3. The molecule has 6 nitrogen and oxygen atoms in total. The quantitative estimate of drug-likeness (QED) is 0.171. The third-order valence-corrected chi connectivity index (χ3v) is 13.7. The molecule has 0 amide bonds. The summed E-state index contributed by atoms with van der Waals surface area (Å²) in [5.74, 6) is -1.86. The number of carbonyl (C=O) groups is 4. The summed E-state index contributed by atoms with van der Waals surface area (Å²) in [6.45, 7) is 14.6. The number of aliphatic hydroxyl groups excluding tert-OH is 1. The lowest BCUT2D eigenvalue weighted by molar-refractivity contribution is -0.192. The summed E-state index contributed by atoms with van der Waals surface area (Å²) >= 11 is 0. The Hall–Kier alpha value is -2.08. The number of carbonyl (C=O) groups excluding carboxylic acids is 4. The maximum atomic E-state index is 14.7. The molecule has 8 atom stereocenters. The molecule has 0 saturated heterocycles. The zero-order chi connectivity index (χ0) is 31.1. The molecule has 0 unspecified atom stereocenters. The van der Waals surface area contributed by atoms with Crippen molar-refractivity contribution in [2.75, 3.05) is 13.7 Å². The number of rotatable bonds is 5. The Morgan fingerprint density at radius 3 is 2.31 bits per heavy atom. The van der Waals surface area contributed by atoms with Crippen LogP contribution in [0.15, 0.2) is 23.3 Å². The molecule has 42 heavy (non-hydrogen) atoms. The van der Waals surface area contributed by atoms with Crippen LogP contribution in [-0.4, -0.2) is 42.1 Å². The molecule has 5 rings (SSSR count). The van der Waals surface area contributed by atoms with E-state index in [0.717, 1.165) is 50.5 Å². The molecule has 0 aromatic heterocycles. The van der Waals surface area contributed by atoms with Crippen LogP contribution in [0.3, 0.4) is 0 Å². The van der Waals surface area contributed by atoms with Crippen molar-refractivity contribution in [2.24, 2.45) is 50.2 Å². The Morgan fingerprint density at radius 1 is 1.02 bits per heavy atom. The summed E-state index contributed by atoms with van der Waals surface area (Å²) < 4.78 is 5.44. The number of unbranched alkanes of at least 4 members (excludes halogenated alkanes) is 2. The Labute approximate surface area is 252 Å². The van der Waals surface area contributed by atoms with Gasteiger partial charge in [-0.25, -0.2) is 0 Å². The first-order valence-corrected chi connectivity index (χ1v) is 16.3. The van der Waals surface area contributed by atoms with Gasteiger partial charge in [-0.3, -0.25) is 19.2 Å². The average molecular weight is 581 g/mol. The molecule has 0 heterocycles. The number of aliphatic hydroxyl groups is 1. The van der Waals surface area contributed by atoms with Crippen molar-refractivity contribution in [1.29, 1.82) is 0 Å². The Morgan fingerprint density at radius 2 is 1.69 bits per heavy atom. The van der Waals surface area contributed by atoms with Crippen LogP contribution in [0.25, 0.3) is 0 Å².